The molecule has 0 aliphatic rings. The lowest BCUT2D eigenvalue weighted by molar-refractivity contribution is 0.592. The van der Waals surface area contributed by atoms with Crippen LogP contribution in [0.3, 0.4) is 0 Å². The molecule has 0 aromatic carbocycles. The molecular formula is C8H8N4O2S. The molecule has 0 radical (unpaired) electrons. The molecule has 2 aromatic heterocycles. The molecule has 0 unspecified atom stereocenters. The van der Waals surface area contributed by atoms with Crippen LogP contribution in [0.1, 0.15) is 0 Å². The fourth-order valence-corrected chi connectivity index (χ4v) is 1.49. The Hall–Kier alpha value is -1.76. The van der Waals surface area contributed by atoms with Gasteiger partial charge in [-0.15, -0.1) is 5.10 Å². The van der Waals surface area contributed by atoms with E-state index < -0.39 is 9.84 Å². The van der Waals surface area contributed by atoms with E-state index in [1.807, 2.05) is 0 Å². The van der Waals surface area contributed by atoms with Crippen molar-refractivity contribution in [2.45, 2.75) is 5.16 Å². The molecule has 0 amide bonds. The summed E-state index contributed by atoms with van der Waals surface area (Å²) in [6.45, 7) is 0. The number of hydrogen-bond acceptors (Lipinski definition) is 5. The highest BCUT2D eigenvalue weighted by molar-refractivity contribution is 7.90. The minimum atomic E-state index is -3.36. The Morgan fingerprint density at radius 1 is 1.27 bits per heavy atom. The number of sulfone groups is 1. The smallest absolute Gasteiger partial charge is 0.237 e. The Labute approximate surface area is 86.5 Å². The molecule has 0 saturated carbocycles. The van der Waals surface area contributed by atoms with Gasteiger partial charge in [-0.2, -0.15) is 0 Å². The topological polar surface area (TPSA) is 77.7 Å². The van der Waals surface area contributed by atoms with Crippen molar-refractivity contribution in [2.24, 2.45) is 0 Å². The quantitative estimate of drug-likeness (QED) is 0.721. The number of hydrogen-bond donors (Lipinski definition) is 0. The van der Waals surface area contributed by atoms with Gasteiger partial charge in [-0.3, -0.25) is 0 Å². The molecule has 2 heterocycles. The van der Waals surface area contributed by atoms with E-state index >= 15 is 0 Å². The first-order valence-electron chi connectivity index (χ1n) is 4.10. The van der Waals surface area contributed by atoms with Crippen LogP contribution < -0.4 is 0 Å². The van der Waals surface area contributed by atoms with Crippen LogP contribution >= 0.6 is 0 Å². The van der Waals surface area contributed by atoms with Gasteiger partial charge < -0.3 is 0 Å². The maximum absolute atomic E-state index is 11.1. The van der Waals surface area contributed by atoms with Crippen molar-refractivity contribution in [1.29, 1.82) is 0 Å². The van der Waals surface area contributed by atoms with E-state index in [4.69, 9.17) is 0 Å². The third kappa shape index (κ3) is 2.01. The lowest BCUT2D eigenvalue weighted by Gasteiger charge is -1.96. The van der Waals surface area contributed by atoms with Gasteiger partial charge in [0.25, 0.3) is 5.16 Å². The van der Waals surface area contributed by atoms with E-state index in [-0.39, 0.29) is 5.16 Å². The van der Waals surface area contributed by atoms with E-state index in [9.17, 15) is 8.42 Å². The Morgan fingerprint density at radius 3 is 2.60 bits per heavy atom. The van der Waals surface area contributed by atoms with Crippen LogP contribution in [0, 0.1) is 0 Å². The molecular weight excluding hydrogens is 216 g/mol. The standard InChI is InChI=1S/C8H8N4O2S/c1-15(13,14)8-10-6-12(11-8)7-4-2-3-5-9-7/h2-6H,1H3. The van der Waals surface area contributed by atoms with Crippen molar-refractivity contribution in [2.75, 3.05) is 6.26 Å². The van der Waals surface area contributed by atoms with E-state index in [0.717, 1.165) is 6.26 Å². The minimum absolute atomic E-state index is 0.201. The van der Waals surface area contributed by atoms with Crippen LogP contribution in [0.25, 0.3) is 5.82 Å². The molecule has 6 nitrogen and oxygen atoms in total. The van der Waals surface area contributed by atoms with Gasteiger partial charge in [-0.25, -0.2) is 23.1 Å². The van der Waals surface area contributed by atoms with Crippen molar-refractivity contribution in [1.82, 2.24) is 19.7 Å². The number of aromatic nitrogens is 4. The Balaban J connectivity index is 2.46. The molecule has 78 valence electrons. The summed E-state index contributed by atoms with van der Waals surface area (Å²) >= 11 is 0. The van der Waals surface area contributed by atoms with Crippen LogP contribution in [-0.2, 0) is 9.84 Å². The summed E-state index contributed by atoms with van der Waals surface area (Å²) in [6.07, 6.45) is 3.97. The molecule has 2 rings (SSSR count). The third-order valence-electron chi connectivity index (χ3n) is 1.69. The molecule has 0 spiro atoms. The largest absolute Gasteiger partial charge is 0.266 e. The summed E-state index contributed by atoms with van der Waals surface area (Å²) in [5.74, 6) is 0.528. The average Bonchev–Trinajstić information content (AvgIpc) is 2.67. The molecule has 7 heteroatoms. The number of pyridine rings is 1. The molecule has 0 aliphatic heterocycles. The van der Waals surface area contributed by atoms with Gasteiger partial charge in [0.1, 0.15) is 6.33 Å². The zero-order chi connectivity index (χ0) is 10.9. The van der Waals surface area contributed by atoms with Crippen molar-refractivity contribution in [3.63, 3.8) is 0 Å². The molecule has 2 aromatic rings. The summed E-state index contributed by atoms with van der Waals surface area (Å²) < 4.78 is 23.6. The second-order valence-electron chi connectivity index (χ2n) is 2.93. The first kappa shape index (κ1) is 9.78. The van der Waals surface area contributed by atoms with Gasteiger partial charge in [-0.1, -0.05) is 6.07 Å². The van der Waals surface area contributed by atoms with Crippen LogP contribution in [0.15, 0.2) is 35.9 Å². The Bertz CT molecular complexity index is 561. The molecule has 15 heavy (non-hydrogen) atoms. The fourth-order valence-electron chi connectivity index (χ4n) is 1.02. The maximum Gasteiger partial charge on any atom is 0.266 e. The lowest BCUT2D eigenvalue weighted by atomic mass is 10.5. The zero-order valence-electron chi connectivity index (χ0n) is 7.90. The van der Waals surface area contributed by atoms with Crippen LogP contribution in [0.5, 0.6) is 0 Å². The van der Waals surface area contributed by atoms with Gasteiger partial charge in [0.05, 0.1) is 0 Å². The van der Waals surface area contributed by atoms with E-state index in [1.165, 1.54) is 11.0 Å². The Morgan fingerprint density at radius 2 is 2.07 bits per heavy atom. The maximum atomic E-state index is 11.1. The van der Waals surface area contributed by atoms with E-state index in [0.29, 0.717) is 5.82 Å². The van der Waals surface area contributed by atoms with Crippen molar-refractivity contribution < 1.29 is 8.42 Å². The minimum Gasteiger partial charge on any atom is -0.237 e. The van der Waals surface area contributed by atoms with Gasteiger partial charge >= 0.3 is 0 Å². The first-order valence-corrected chi connectivity index (χ1v) is 5.99. The van der Waals surface area contributed by atoms with E-state index in [1.54, 1.807) is 24.4 Å². The van der Waals surface area contributed by atoms with Gasteiger partial charge in [0.15, 0.2) is 5.82 Å². The first-order chi connectivity index (χ1) is 7.07. The predicted molar refractivity (Wildman–Crippen MR) is 52.3 cm³/mol. The van der Waals surface area contributed by atoms with Gasteiger partial charge in [-0.05, 0) is 12.1 Å². The van der Waals surface area contributed by atoms with Gasteiger partial charge in [0.2, 0.25) is 9.84 Å². The molecule has 0 fully saturated rings. The molecule has 0 N–H and O–H groups in total. The summed E-state index contributed by atoms with van der Waals surface area (Å²) in [7, 11) is -3.36. The zero-order valence-corrected chi connectivity index (χ0v) is 8.72. The average molecular weight is 224 g/mol. The SMILES string of the molecule is CS(=O)(=O)c1ncn(-c2ccccn2)n1. The lowest BCUT2D eigenvalue weighted by Crippen LogP contribution is -2.02. The van der Waals surface area contributed by atoms with Gasteiger partial charge in [0, 0.05) is 12.5 Å². The summed E-state index contributed by atoms with van der Waals surface area (Å²) in [6, 6.07) is 5.25. The number of nitrogens with zero attached hydrogens (tertiary/aromatic N) is 4. The molecule has 0 atom stereocenters. The highest BCUT2D eigenvalue weighted by Gasteiger charge is 2.13. The summed E-state index contributed by atoms with van der Waals surface area (Å²) in [5, 5.41) is 3.61. The van der Waals surface area contributed by atoms with Crippen molar-refractivity contribution in [3.05, 3.63) is 30.7 Å². The highest BCUT2D eigenvalue weighted by Crippen LogP contribution is 2.04. The second-order valence-corrected chi connectivity index (χ2v) is 4.84. The van der Waals surface area contributed by atoms with Crippen LogP contribution in [-0.4, -0.2) is 34.4 Å². The molecule has 0 aliphatic carbocycles. The number of rotatable bonds is 2. The van der Waals surface area contributed by atoms with E-state index in [2.05, 4.69) is 15.1 Å². The molecule has 0 saturated heterocycles. The fraction of sp³-hybridized carbons (Fsp3) is 0.125. The van der Waals surface area contributed by atoms with Crippen LogP contribution in [0.2, 0.25) is 0 Å². The molecule has 0 bridgehead atoms. The highest BCUT2D eigenvalue weighted by atomic mass is 32.2. The summed E-state index contributed by atoms with van der Waals surface area (Å²) in [5.41, 5.74) is 0. The normalized spacial score (nSPS) is 11.5. The van der Waals surface area contributed by atoms with Crippen molar-refractivity contribution in [3.8, 4) is 5.82 Å². The third-order valence-corrected chi connectivity index (χ3v) is 2.54. The van der Waals surface area contributed by atoms with Crippen molar-refractivity contribution >= 4 is 9.84 Å². The predicted octanol–water partition coefficient (Wildman–Crippen LogP) is 0.0658. The monoisotopic (exact) mass is 224 g/mol. The second kappa shape index (κ2) is 3.43. The van der Waals surface area contributed by atoms with Crippen LogP contribution in [0.4, 0.5) is 0 Å². The summed E-state index contributed by atoms with van der Waals surface area (Å²) in [4.78, 5) is 7.70. The Kier molecular flexibility index (Phi) is 2.24.